The van der Waals surface area contributed by atoms with Crippen LogP contribution in [0.1, 0.15) is 19.8 Å². The Labute approximate surface area is 78.1 Å². The minimum Gasteiger partial charge on any atom is -0.392 e. The van der Waals surface area contributed by atoms with Gasteiger partial charge in [-0.2, -0.15) is 0 Å². The van der Waals surface area contributed by atoms with Gasteiger partial charge in [-0.3, -0.25) is 9.69 Å². The van der Waals surface area contributed by atoms with Crippen LogP contribution in [-0.2, 0) is 4.79 Å². The molecule has 2 rings (SSSR count). The van der Waals surface area contributed by atoms with Crippen molar-refractivity contribution in [1.82, 2.24) is 9.80 Å². The van der Waals surface area contributed by atoms with E-state index in [2.05, 4.69) is 11.8 Å². The molecule has 2 aliphatic heterocycles. The molecule has 0 bridgehead atoms. The molecule has 1 N–H and O–H groups in total. The Balaban J connectivity index is 2.01. The van der Waals surface area contributed by atoms with Crippen molar-refractivity contribution in [1.29, 1.82) is 0 Å². The highest BCUT2D eigenvalue weighted by molar-refractivity contribution is 5.84. The van der Waals surface area contributed by atoms with Crippen molar-refractivity contribution in [2.24, 2.45) is 0 Å². The third-order valence-corrected chi connectivity index (χ3v) is 2.82. The van der Waals surface area contributed by atoms with Crippen molar-refractivity contribution in [3.63, 3.8) is 0 Å². The molecule has 0 aromatic rings. The van der Waals surface area contributed by atoms with Crippen molar-refractivity contribution in [3.8, 4) is 0 Å². The van der Waals surface area contributed by atoms with Crippen LogP contribution in [0.5, 0.6) is 0 Å². The van der Waals surface area contributed by atoms with Crippen LogP contribution in [0.4, 0.5) is 0 Å². The SMILES string of the molecule is CCCN1CN2C[C@H](O)C[C@H]2C1=O. The van der Waals surface area contributed by atoms with E-state index in [0.29, 0.717) is 19.6 Å². The summed E-state index contributed by atoms with van der Waals surface area (Å²) in [5.41, 5.74) is 0. The summed E-state index contributed by atoms with van der Waals surface area (Å²) in [5.74, 6) is 0.207. The summed E-state index contributed by atoms with van der Waals surface area (Å²) in [6.45, 7) is 4.30. The van der Waals surface area contributed by atoms with Gasteiger partial charge < -0.3 is 10.0 Å². The molecule has 4 heteroatoms. The Morgan fingerprint density at radius 2 is 2.38 bits per heavy atom. The van der Waals surface area contributed by atoms with Crippen molar-refractivity contribution in [2.45, 2.75) is 31.9 Å². The van der Waals surface area contributed by atoms with Gasteiger partial charge in [-0.25, -0.2) is 0 Å². The van der Waals surface area contributed by atoms with Gasteiger partial charge in [0.05, 0.1) is 18.8 Å². The fraction of sp³-hybridized carbons (Fsp3) is 0.889. The molecular formula is C9H16N2O2. The van der Waals surface area contributed by atoms with E-state index in [9.17, 15) is 9.90 Å². The summed E-state index contributed by atoms with van der Waals surface area (Å²) < 4.78 is 0. The van der Waals surface area contributed by atoms with Crippen LogP contribution in [0.15, 0.2) is 0 Å². The lowest BCUT2D eigenvalue weighted by Gasteiger charge is -2.16. The van der Waals surface area contributed by atoms with E-state index < -0.39 is 0 Å². The molecule has 2 fully saturated rings. The van der Waals surface area contributed by atoms with E-state index in [-0.39, 0.29) is 18.1 Å². The molecule has 0 saturated carbocycles. The smallest absolute Gasteiger partial charge is 0.241 e. The quantitative estimate of drug-likeness (QED) is 0.637. The zero-order valence-electron chi connectivity index (χ0n) is 7.94. The van der Waals surface area contributed by atoms with Crippen molar-refractivity contribution < 1.29 is 9.90 Å². The molecule has 0 spiro atoms. The molecular weight excluding hydrogens is 168 g/mol. The number of amides is 1. The van der Waals surface area contributed by atoms with Crippen LogP contribution >= 0.6 is 0 Å². The zero-order valence-corrected chi connectivity index (χ0v) is 7.94. The van der Waals surface area contributed by atoms with Gasteiger partial charge in [0.2, 0.25) is 5.91 Å². The van der Waals surface area contributed by atoms with E-state index >= 15 is 0 Å². The molecule has 13 heavy (non-hydrogen) atoms. The van der Waals surface area contributed by atoms with Crippen molar-refractivity contribution in [3.05, 3.63) is 0 Å². The first-order valence-electron chi connectivity index (χ1n) is 4.93. The number of carbonyl (C=O) groups excluding carboxylic acids is 1. The number of hydrogen-bond donors (Lipinski definition) is 1. The van der Waals surface area contributed by atoms with E-state index in [4.69, 9.17) is 0 Å². The minimum atomic E-state index is -0.294. The van der Waals surface area contributed by atoms with Crippen molar-refractivity contribution >= 4 is 5.91 Å². The lowest BCUT2D eigenvalue weighted by molar-refractivity contribution is -0.129. The number of aliphatic hydroxyl groups excluding tert-OH is 1. The van der Waals surface area contributed by atoms with E-state index in [1.807, 2.05) is 4.90 Å². The maximum atomic E-state index is 11.7. The first-order chi connectivity index (χ1) is 6.22. The van der Waals surface area contributed by atoms with Crippen LogP contribution in [0.2, 0.25) is 0 Å². The monoisotopic (exact) mass is 184 g/mol. The number of nitrogens with zero attached hydrogens (tertiary/aromatic N) is 2. The molecule has 2 saturated heterocycles. The summed E-state index contributed by atoms with van der Waals surface area (Å²) in [6, 6.07) is -0.0263. The van der Waals surface area contributed by atoms with Crippen LogP contribution in [0.25, 0.3) is 0 Å². The molecule has 74 valence electrons. The number of fused-ring (bicyclic) bond motifs is 1. The zero-order chi connectivity index (χ0) is 9.42. The second kappa shape index (κ2) is 3.27. The lowest BCUT2D eigenvalue weighted by Crippen LogP contribution is -2.31. The van der Waals surface area contributed by atoms with E-state index in [0.717, 1.165) is 13.0 Å². The number of carbonyl (C=O) groups is 1. The summed E-state index contributed by atoms with van der Waals surface area (Å²) >= 11 is 0. The summed E-state index contributed by atoms with van der Waals surface area (Å²) in [5, 5.41) is 9.36. The van der Waals surface area contributed by atoms with Crippen LogP contribution in [0.3, 0.4) is 0 Å². The molecule has 1 amide bonds. The van der Waals surface area contributed by atoms with Gasteiger partial charge in [-0.15, -0.1) is 0 Å². The van der Waals surface area contributed by atoms with Crippen molar-refractivity contribution in [2.75, 3.05) is 19.8 Å². The van der Waals surface area contributed by atoms with Gasteiger partial charge in [0.1, 0.15) is 0 Å². The molecule has 0 radical (unpaired) electrons. The highest BCUT2D eigenvalue weighted by Crippen LogP contribution is 2.25. The van der Waals surface area contributed by atoms with Gasteiger partial charge in [0.15, 0.2) is 0 Å². The number of aliphatic hydroxyl groups is 1. The maximum Gasteiger partial charge on any atom is 0.241 e. The summed E-state index contributed by atoms with van der Waals surface area (Å²) in [6.07, 6.45) is 1.34. The molecule has 0 aliphatic carbocycles. The van der Waals surface area contributed by atoms with Crippen LogP contribution < -0.4 is 0 Å². The topological polar surface area (TPSA) is 43.8 Å². The van der Waals surface area contributed by atoms with Gasteiger partial charge in [-0.1, -0.05) is 6.92 Å². The van der Waals surface area contributed by atoms with E-state index in [1.165, 1.54) is 0 Å². The minimum absolute atomic E-state index is 0.0263. The largest absolute Gasteiger partial charge is 0.392 e. The molecule has 2 aliphatic rings. The first kappa shape index (κ1) is 8.97. The fourth-order valence-electron chi connectivity index (χ4n) is 2.24. The Bertz CT molecular complexity index is 220. The van der Waals surface area contributed by atoms with Gasteiger partial charge in [0, 0.05) is 13.1 Å². The average Bonchev–Trinajstić information content (AvgIpc) is 2.54. The van der Waals surface area contributed by atoms with Gasteiger partial charge in [-0.05, 0) is 12.8 Å². The highest BCUT2D eigenvalue weighted by Gasteiger charge is 2.43. The highest BCUT2D eigenvalue weighted by atomic mass is 16.3. The summed E-state index contributed by atoms with van der Waals surface area (Å²) in [7, 11) is 0. The first-order valence-corrected chi connectivity index (χ1v) is 4.93. The molecule has 0 unspecified atom stereocenters. The molecule has 2 heterocycles. The van der Waals surface area contributed by atoms with Crippen LogP contribution in [-0.4, -0.2) is 52.7 Å². The van der Waals surface area contributed by atoms with Crippen LogP contribution in [0, 0.1) is 0 Å². The molecule has 2 atom stereocenters. The average molecular weight is 184 g/mol. The molecule has 0 aromatic heterocycles. The number of hydrogen-bond acceptors (Lipinski definition) is 3. The third kappa shape index (κ3) is 1.44. The van der Waals surface area contributed by atoms with Gasteiger partial charge >= 0.3 is 0 Å². The Morgan fingerprint density at radius 1 is 1.62 bits per heavy atom. The van der Waals surface area contributed by atoms with Gasteiger partial charge in [0.25, 0.3) is 0 Å². The Morgan fingerprint density at radius 3 is 3.00 bits per heavy atom. The maximum absolute atomic E-state index is 11.7. The molecule has 0 aromatic carbocycles. The second-order valence-electron chi connectivity index (χ2n) is 3.92. The predicted octanol–water partition coefficient (Wildman–Crippen LogP) is -0.369. The Hall–Kier alpha value is -0.610. The molecule has 4 nitrogen and oxygen atoms in total. The summed E-state index contributed by atoms with van der Waals surface area (Å²) in [4.78, 5) is 15.7. The van der Waals surface area contributed by atoms with E-state index in [1.54, 1.807) is 0 Å². The Kier molecular flexibility index (Phi) is 2.26. The standard InChI is InChI=1S/C9H16N2O2/c1-2-3-10-6-11-5-7(12)4-8(11)9(10)13/h7-8,12H,2-6H2,1H3/t7-,8+/m1/s1. The second-order valence-corrected chi connectivity index (χ2v) is 3.92. The fourth-order valence-corrected chi connectivity index (χ4v) is 2.24. The normalized spacial score (nSPS) is 34.3. The number of rotatable bonds is 2. The third-order valence-electron chi connectivity index (χ3n) is 2.82. The predicted molar refractivity (Wildman–Crippen MR) is 48.0 cm³/mol. The lowest BCUT2D eigenvalue weighted by atomic mass is 10.2.